The molecular formula is C19H22N2O2. The first-order chi connectivity index (χ1) is 11.2. The topological polar surface area (TPSA) is 50.4 Å². The number of rotatable bonds is 4. The summed E-state index contributed by atoms with van der Waals surface area (Å²) in [4.78, 5) is 12.7. The van der Waals surface area contributed by atoms with Crippen molar-refractivity contribution in [3.8, 4) is 0 Å². The van der Waals surface area contributed by atoms with Crippen LogP contribution in [0.5, 0.6) is 0 Å². The number of nitrogens with one attached hydrogen (secondary N) is 2. The predicted octanol–water partition coefficient (Wildman–Crippen LogP) is 2.05. The lowest BCUT2D eigenvalue weighted by Crippen LogP contribution is -2.53. The van der Waals surface area contributed by atoms with Crippen LogP contribution in [0.1, 0.15) is 18.1 Å². The Labute approximate surface area is 136 Å². The molecule has 0 saturated carbocycles. The highest BCUT2D eigenvalue weighted by molar-refractivity contribution is 5.82. The second-order valence-corrected chi connectivity index (χ2v) is 5.91. The van der Waals surface area contributed by atoms with Crippen LogP contribution < -0.4 is 10.6 Å². The Morgan fingerprint density at radius 2 is 1.65 bits per heavy atom. The van der Waals surface area contributed by atoms with Gasteiger partial charge in [-0.1, -0.05) is 60.7 Å². The quantitative estimate of drug-likeness (QED) is 0.909. The van der Waals surface area contributed by atoms with E-state index in [1.165, 1.54) is 0 Å². The summed E-state index contributed by atoms with van der Waals surface area (Å²) in [6, 6.07) is 20.0. The van der Waals surface area contributed by atoms with Crippen molar-refractivity contribution in [1.29, 1.82) is 0 Å². The lowest BCUT2D eigenvalue weighted by molar-refractivity contribution is -0.135. The first kappa shape index (κ1) is 15.7. The minimum absolute atomic E-state index is 0.0904. The lowest BCUT2D eigenvalue weighted by Gasteiger charge is -2.34. The summed E-state index contributed by atoms with van der Waals surface area (Å²) in [5.74, 6) is -0.0904. The first-order valence-electron chi connectivity index (χ1n) is 7.95. The van der Waals surface area contributed by atoms with Crippen LogP contribution in [0.4, 0.5) is 0 Å². The Bertz CT molecular complexity index is 597. The van der Waals surface area contributed by atoms with E-state index in [2.05, 4.69) is 10.6 Å². The van der Waals surface area contributed by atoms with E-state index in [1.54, 1.807) is 0 Å². The van der Waals surface area contributed by atoms with Crippen LogP contribution in [0.2, 0.25) is 0 Å². The summed E-state index contributed by atoms with van der Waals surface area (Å²) in [6.45, 7) is 3.93. The van der Waals surface area contributed by atoms with Gasteiger partial charge in [-0.3, -0.25) is 4.79 Å². The average molecular weight is 310 g/mol. The van der Waals surface area contributed by atoms with Gasteiger partial charge in [0.15, 0.2) is 0 Å². The fraction of sp³-hybridized carbons (Fsp3) is 0.316. The van der Waals surface area contributed by atoms with Crippen LogP contribution in [-0.4, -0.2) is 31.7 Å². The van der Waals surface area contributed by atoms with Crippen molar-refractivity contribution in [3.63, 3.8) is 0 Å². The second kappa shape index (κ2) is 6.94. The van der Waals surface area contributed by atoms with Crippen LogP contribution in [0.15, 0.2) is 60.7 Å². The molecule has 0 spiro atoms. The fourth-order valence-electron chi connectivity index (χ4n) is 2.91. The molecular weight excluding hydrogens is 288 g/mol. The van der Waals surface area contributed by atoms with Gasteiger partial charge >= 0.3 is 0 Å². The molecule has 4 nitrogen and oxygen atoms in total. The molecule has 1 heterocycles. The number of hydrogen-bond donors (Lipinski definition) is 2. The third kappa shape index (κ3) is 3.44. The van der Waals surface area contributed by atoms with Crippen molar-refractivity contribution in [3.05, 3.63) is 71.8 Å². The lowest BCUT2D eigenvalue weighted by atomic mass is 9.84. The minimum Gasteiger partial charge on any atom is -0.366 e. The van der Waals surface area contributed by atoms with E-state index in [9.17, 15) is 4.79 Å². The van der Waals surface area contributed by atoms with Gasteiger partial charge in [-0.05, 0) is 18.1 Å². The largest absolute Gasteiger partial charge is 0.366 e. The van der Waals surface area contributed by atoms with Crippen molar-refractivity contribution >= 4 is 5.91 Å². The van der Waals surface area contributed by atoms with E-state index in [-0.39, 0.29) is 5.91 Å². The highest BCUT2D eigenvalue weighted by Gasteiger charge is 2.33. The van der Waals surface area contributed by atoms with Crippen LogP contribution >= 0.6 is 0 Å². The van der Waals surface area contributed by atoms with Crippen molar-refractivity contribution in [2.24, 2.45) is 0 Å². The van der Waals surface area contributed by atoms with E-state index < -0.39 is 11.6 Å². The normalized spacial score (nSPS) is 18.4. The standard InChI is InChI=1S/C19H22N2O2/c1-19(15-8-4-2-5-9-15,16-10-6-3-7-11-16)21-18(22)17-14-20-12-13-23-17/h2-11,17,20H,12-14H2,1H3,(H,21,22). The molecule has 1 saturated heterocycles. The third-order valence-electron chi connectivity index (χ3n) is 4.30. The highest BCUT2D eigenvalue weighted by atomic mass is 16.5. The molecule has 1 aliphatic rings. The zero-order valence-corrected chi connectivity index (χ0v) is 13.3. The summed E-state index contributed by atoms with van der Waals surface area (Å²) in [6.07, 6.45) is -0.449. The Morgan fingerprint density at radius 3 is 2.13 bits per heavy atom. The minimum atomic E-state index is -0.597. The van der Waals surface area contributed by atoms with Gasteiger partial charge in [0.1, 0.15) is 6.10 Å². The van der Waals surface area contributed by atoms with Gasteiger partial charge in [0.05, 0.1) is 12.1 Å². The molecule has 4 heteroatoms. The summed E-state index contributed by atoms with van der Waals surface area (Å²) < 4.78 is 5.58. The van der Waals surface area contributed by atoms with Crippen LogP contribution in [-0.2, 0) is 15.1 Å². The predicted molar refractivity (Wildman–Crippen MR) is 90.1 cm³/mol. The molecule has 1 fully saturated rings. The van der Waals surface area contributed by atoms with Crippen molar-refractivity contribution < 1.29 is 9.53 Å². The number of morpholine rings is 1. The van der Waals surface area contributed by atoms with Crippen molar-refractivity contribution in [2.75, 3.05) is 19.7 Å². The maximum Gasteiger partial charge on any atom is 0.251 e. The molecule has 0 aromatic heterocycles. The van der Waals surface area contributed by atoms with Gasteiger partial charge in [0.2, 0.25) is 0 Å². The maximum absolute atomic E-state index is 12.7. The van der Waals surface area contributed by atoms with E-state index in [0.717, 1.165) is 17.7 Å². The molecule has 1 atom stereocenters. The van der Waals surface area contributed by atoms with Gasteiger partial charge in [-0.25, -0.2) is 0 Å². The molecule has 0 bridgehead atoms. The molecule has 0 radical (unpaired) electrons. The molecule has 1 aliphatic heterocycles. The van der Waals surface area contributed by atoms with Crippen molar-refractivity contribution in [2.45, 2.75) is 18.6 Å². The van der Waals surface area contributed by atoms with E-state index in [0.29, 0.717) is 13.2 Å². The highest BCUT2D eigenvalue weighted by Crippen LogP contribution is 2.29. The molecule has 1 unspecified atom stereocenters. The first-order valence-corrected chi connectivity index (χ1v) is 7.95. The molecule has 0 aliphatic carbocycles. The number of benzene rings is 2. The summed E-state index contributed by atoms with van der Waals surface area (Å²) >= 11 is 0. The van der Waals surface area contributed by atoms with Gasteiger partial charge in [-0.2, -0.15) is 0 Å². The zero-order valence-electron chi connectivity index (χ0n) is 13.3. The van der Waals surface area contributed by atoms with Gasteiger partial charge < -0.3 is 15.4 Å². The molecule has 2 aromatic carbocycles. The number of amides is 1. The molecule has 3 rings (SSSR count). The second-order valence-electron chi connectivity index (χ2n) is 5.91. The summed E-state index contributed by atoms with van der Waals surface area (Å²) in [5, 5.41) is 6.39. The Hall–Kier alpha value is -2.17. The Kier molecular flexibility index (Phi) is 4.74. The molecule has 23 heavy (non-hydrogen) atoms. The van der Waals surface area contributed by atoms with Crippen LogP contribution in [0.25, 0.3) is 0 Å². The van der Waals surface area contributed by atoms with E-state index in [4.69, 9.17) is 4.74 Å². The van der Waals surface area contributed by atoms with Crippen molar-refractivity contribution in [1.82, 2.24) is 10.6 Å². The van der Waals surface area contributed by atoms with Gasteiger partial charge in [0, 0.05) is 13.1 Å². The van der Waals surface area contributed by atoms with Gasteiger partial charge in [-0.15, -0.1) is 0 Å². The van der Waals surface area contributed by atoms with E-state index >= 15 is 0 Å². The van der Waals surface area contributed by atoms with Crippen LogP contribution in [0.3, 0.4) is 0 Å². The molecule has 1 amide bonds. The number of ether oxygens (including phenoxy) is 1. The third-order valence-corrected chi connectivity index (χ3v) is 4.30. The molecule has 2 N–H and O–H groups in total. The average Bonchev–Trinajstić information content (AvgIpc) is 2.64. The van der Waals surface area contributed by atoms with E-state index in [1.807, 2.05) is 67.6 Å². The van der Waals surface area contributed by atoms with Crippen LogP contribution in [0, 0.1) is 0 Å². The van der Waals surface area contributed by atoms with Gasteiger partial charge in [0.25, 0.3) is 5.91 Å². The Morgan fingerprint density at radius 1 is 1.09 bits per heavy atom. The molecule has 2 aromatic rings. The maximum atomic E-state index is 12.7. The number of hydrogen-bond acceptors (Lipinski definition) is 3. The summed E-state index contributed by atoms with van der Waals surface area (Å²) in [7, 11) is 0. The monoisotopic (exact) mass is 310 g/mol. The SMILES string of the molecule is CC(NC(=O)C1CNCCO1)(c1ccccc1)c1ccccc1. The zero-order chi connectivity index (χ0) is 16.1. The Balaban J connectivity index is 1.91. The fourth-order valence-corrected chi connectivity index (χ4v) is 2.91. The summed E-state index contributed by atoms with van der Waals surface area (Å²) in [5.41, 5.74) is 1.49. The molecule has 120 valence electrons. The number of carbonyl (C=O) groups excluding carboxylic acids is 1. The smallest absolute Gasteiger partial charge is 0.251 e. The number of carbonyl (C=O) groups is 1.